The van der Waals surface area contributed by atoms with Gasteiger partial charge in [-0.2, -0.15) is 0 Å². The van der Waals surface area contributed by atoms with E-state index in [9.17, 15) is 4.79 Å². The lowest BCUT2D eigenvalue weighted by Gasteiger charge is -2.17. The SMILES string of the molecule is CC(C)CCC(=O)N(C)CCCOc1ccccc1. The van der Waals surface area contributed by atoms with Gasteiger partial charge in [0.1, 0.15) is 5.75 Å². The van der Waals surface area contributed by atoms with Crippen LogP contribution in [-0.4, -0.2) is 31.0 Å². The number of hydrogen-bond acceptors (Lipinski definition) is 2. The van der Waals surface area contributed by atoms with Crippen LogP contribution >= 0.6 is 0 Å². The second kappa shape index (κ2) is 8.57. The molecule has 0 spiro atoms. The third-order valence-electron chi connectivity index (χ3n) is 3.01. The van der Waals surface area contributed by atoms with Crippen LogP contribution in [0.2, 0.25) is 0 Å². The summed E-state index contributed by atoms with van der Waals surface area (Å²) in [5.74, 6) is 1.70. The molecule has 0 saturated carbocycles. The third-order valence-corrected chi connectivity index (χ3v) is 3.01. The Labute approximate surface area is 116 Å². The first-order valence-electron chi connectivity index (χ1n) is 7.01. The monoisotopic (exact) mass is 263 g/mol. The zero-order valence-electron chi connectivity index (χ0n) is 12.3. The highest BCUT2D eigenvalue weighted by Gasteiger charge is 2.08. The van der Waals surface area contributed by atoms with Crippen molar-refractivity contribution in [3.63, 3.8) is 0 Å². The van der Waals surface area contributed by atoms with Gasteiger partial charge in [-0.3, -0.25) is 4.79 Å². The van der Waals surface area contributed by atoms with Crippen LogP contribution in [-0.2, 0) is 4.79 Å². The first kappa shape index (κ1) is 15.5. The molecule has 106 valence electrons. The molecule has 0 heterocycles. The smallest absolute Gasteiger partial charge is 0.222 e. The van der Waals surface area contributed by atoms with Crippen LogP contribution in [0.5, 0.6) is 5.75 Å². The van der Waals surface area contributed by atoms with Crippen LogP contribution in [0.3, 0.4) is 0 Å². The third kappa shape index (κ3) is 6.85. The van der Waals surface area contributed by atoms with E-state index in [1.54, 1.807) is 4.90 Å². The summed E-state index contributed by atoms with van der Waals surface area (Å²) in [4.78, 5) is 13.6. The first-order chi connectivity index (χ1) is 9.09. The van der Waals surface area contributed by atoms with Gasteiger partial charge in [0.15, 0.2) is 0 Å². The Morgan fingerprint density at radius 1 is 1.26 bits per heavy atom. The highest BCUT2D eigenvalue weighted by molar-refractivity contribution is 5.75. The second-order valence-corrected chi connectivity index (χ2v) is 5.26. The first-order valence-corrected chi connectivity index (χ1v) is 7.01. The molecule has 0 atom stereocenters. The summed E-state index contributed by atoms with van der Waals surface area (Å²) >= 11 is 0. The molecule has 1 rings (SSSR count). The minimum atomic E-state index is 0.230. The van der Waals surface area contributed by atoms with E-state index in [1.807, 2.05) is 37.4 Å². The molecule has 3 nitrogen and oxygen atoms in total. The molecule has 0 unspecified atom stereocenters. The van der Waals surface area contributed by atoms with E-state index in [0.717, 1.165) is 25.1 Å². The van der Waals surface area contributed by atoms with Crippen LogP contribution in [0, 0.1) is 5.92 Å². The summed E-state index contributed by atoms with van der Waals surface area (Å²) in [6, 6.07) is 9.76. The Morgan fingerprint density at radius 3 is 2.58 bits per heavy atom. The van der Waals surface area contributed by atoms with E-state index >= 15 is 0 Å². The number of amides is 1. The van der Waals surface area contributed by atoms with E-state index < -0.39 is 0 Å². The Kier molecular flexibility index (Phi) is 7.01. The summed E-state index contributed by atoms with van der Waals surface area (Å²) in [5.41, 5.74) is 0. The number of carbonyl (C=O) groups excluding carboxylic acids is 1. The number of ether oxygens (including phenoxy) is 1. The van der Waals surface area contributed by atoms with Crippen molar-refractivity contribution in [3.05, 3.63) is 30.3 Å². The van der Waals surface area contributed by atoms with Gasteiger partial charge in [-0.25, -0.2) is 0 Å². The average molecular weight is 263 g/mol. The van der Waals surface area contributed by atoms with Crippen molar-refractivity contribution in [3.8, 4) is 5.75 Å². The quantitative estimate of drug-likeness (QED) is 0.673. The summed E-state index contributed by atoms with van der Waals surface area (Å²) in [5, 5.41) is 0. The van der Waals surface area contributed by atoms with Gasteiger partial charge < -0.3 is 9.64 Å². The highest BCUT2D eigenvalue weighted by Crippen LogP contribution is 2.09. The number of carbonyl (C=O) groups is 1. The van der Waals surface area contributed by atoms with Gasteiger partial charge in [-0.1, -0.05) is 32.0 Å². The second-order valence-electron chi connectivity index (χ2n) is 5.26. The van der Waals surface area contributed by atoms with Crippen molar-refractivity contribution >= 4 is 5.91 Å². The summed E-state index contributed by atoms with van der Waals surface area (Å²) in [7, 11) is 1.87. The van der Waals surface area contributed by atoms with Crippen LogP contribution in [0.15, 0.2) is 30.3 Å². The maximum atomic E-state index is 11.8. The number of para-hydroxylation sites is 1. The van der Waals surface area contributed by atoms with Crippen molar-refractivity contribution in [2.75, 3.05) is 20.2 Å². The van der Waals surface area contributed by atoms with E-state index in [0.29, 0.717) is 18.9 Å². The molecule has 0 saturated heterocycles. The fourth-order valence-electron chi connectivity index (χ4n) is 1.74. The van der Waals surface area contributed by atoms with Gasteiger partial charge in [0.05, 0.1) is 6.61 Å². The Bertz CT molecular complexity index is 362. The van der Waals surface area contributed by atoms with Crippen LogP contribution < -0.4 is 4.74 Å². The number of rotatable bonds is 8. The van der Waals surface area contributed by atoms with Crippen molar-refractivity contribution in [2.24, 2.45) is 5.92 Å². The zero-order chi connectivity index (χ0) is 14.1. The number of nitrogens with zero attached hydrogens (tertiary/aromatic N) is 1. The molecule has 0 aromatic heterocycles. The number of hydrogen-bond donors (Lipinski definition) is 0. The minimum absolute atomic E-state index is 0.230. The molecule has 0 aliphatic carbocycles. The van der Waals surface area contributed by atoms with Crippen molar-refractivity contribution in [1.29, 1.82) is 0 Å². The van der Waals surface area contributed by atoms with Crippen molar-refractivity contribution < 1.29 is 9.53 Å². The average Bonchev–Trinajstić information content (AvgIpc) is 2.41. The molecule has 0 aliphatic rings. The standard InChI is InChI=1S/C16H25NO2/c1-14(2)10-11-16(18)17(3)12-7-13-19-15-8-5-4-6-9-15/h4-6,8-9,14H,7,10-13H2,1-3H3. The van der Waals surface area contributed by atoms with Gasteiger partial charge in [0, 0.05) is 20.0 Å². The molecule has 1 amide bonds. The zero-order valence-corrected chi connectivity index (χ0v) is 12.3. The van der Waals surface area contributed by atoms with Crippen LogP contribution in [0.25, 0.3) is 0 Å². The maximum Gasteiger partial charge on any atom is 0.222 e. The highest BCUT2D eigenvalue weighted by atomic mass is 16.5. The fraction of sp³-hybridized carbons (Fsp3) is 0.562. The molecular weight excluding hydrogens is 238 g/mol. The lowest BCUT2D eigenvalue weighted by Crippen LogP contribution is -2.28. The molecule has 0 N–H and O–H groups in total. The lowest BCUT2D eigenvalue weighted by atomic mass is 10.1. The van der Waals surface area contributed by atoms with Crippen LogP contribution in [0.1, 0.15) is 33.1 Å². The topological polar surface area (TPSA) is 29.5 Å². The van der Waals surface area contributed by atoms with Gasteiger partial charge >= 0.3 is 0 Å². The van der Waals surface area contributed by atoms with Gasteiger partial charge in [0.25, 0.3) is 0 Å². The molecule has 1 aromatic rings. The number of benzene rings is 1. The largest absolute Gasteiger partial charge is 0.494 e. The minimum Gasteiger partial charge on any atom is -0.494 e. The molecule has 19 heavy (non-hydrogen) atoms. The predicted molar refractivity (Wildman–Crippen MR) is 78.3 cm³/mol. The van der Waals surface area contributed by atoms with E-state index in [1.165, 1.54) is 0 Å². The summed E-state index contributed by atoms with van der Waals surface area (Å²) in [6.45, 7) is 5.68. The normalized spacial score (nSPS) is 10.5. The van der Waals surface area contributed by atoms with E-state index in [4.69, 9.17) is 4.74 Å². The molecule has 0 fully saturated rings. The summed E-state index contributed by atoms with van der Waals surface area (Å²) in [6.07, 6.45) is 2.47. The lowest BCUT2D eigenvalue weighted by molar-refractivity contribution is -0.130. The molecule has 1 aromatic carbocycles. The van der Waals surface area contributed by atoms with Gasteiger partial charge in [-0.15, -0.1) is 0 Å². The Morgan fingerprint density at radius 2 is 1.95 bits per heavy atom. The molecule has 3 heteroatoms. The van der Waals surface area contributed by atoms with E-state index in [-0.39, 0.29) is 5.91 Å². The summed E-state index contributed by atoms with van der Waals surface area (Å²) < 4.78 is 5.60. The van der Waals surface area contributed by atoms with Crippen LogP contribution in [0.4, 0.5) is 0 Å². The maximum absolute atomic E-state index is 11.8. The van der Waals surface area contributed by atoms with Crippen molar-refractivity contribution in [2.45, 2.75) is 33.1 Å². The molecule has 0 radical (unpaired) electrons. The molecule has 0 aliphatic heterocycles. The van der Waals surface area contributed by atoms with Gasteiger partial charge in [0.2, 0.25) is 5.91 Å². The molecule has 0 bridgehead atoms. The Hall–Kier alpha value is -1.51. The Balaban J connectivity index is 2.13. The van der Waals surface area contributed by atoms with Crippen molar-refractivity contribution in [1.82, 2.24) is 4.90 Å². The van der Waals surface area contributed by atoms with Gasteiger partial charge in [-0.05, 0) is 30.9 Å². The predicted octanol–water partition coefficient (Wildman–Crippen LogP) is 3.35. The molecular formula is C16H25NO2. The fourth-order valence-corrected chi connectivity index (χ4v) is 1.74. The van der Waals surface area contributed by atoms with E-state index in [2.05, 4.69) is 13.8 Å².